The minimum atomic E-state index is -0.177. The van der Waals surface area contributed by atoms with Gasteiger partial charge in [-0.25, -0.2) is 0 Å². The number of aliphatic imine (C=N–C) groups is 1. The highest BCUT2D eigenvalue weighted by Crippen LogP contribution is 2.36. The van der Waals surface area contributed by atoms with E-state index in [4.69, 9.17) is 20.9 Å². The molecule has 0 unspecified atom stereocenters. The minimum absolute atomic E-state index is 0.0549. The summed E-state index contributed by atoms with van der Waals surface area (Å²) in [4.78, 5) is 16.9. The SMILES string of the molecule is CC(C)CCOc1ccccc1-c1ccccc1OCc1cn(C[C@@H](CCCN=C(N)N)NC(=O)Cc2ccccc2)nn1. The zero-order chi connectivity index (χ0) is 31.1. The third-order valence-electron chi connectivity index (χ3n) is 6.96. The molecule has 0 aliphatic rings. The highest BCUT2D eigenvalue weighted by molar-refractivity contribution is 5.79. The van der Waals surface area contributed by atoms with Crippen molar-refractivity contribution in [2.75, 3.05) is 13.2 Å². The number of carbonyl (C=O) groups is 1. The number of nitrogens with two attached hydrogens (primary N) is 2. The van der Waals surface area contributed by atoms with Crippen molar-refractivity contribution in [2.24, 2.45) is 22.4 Å². The zero-order valence-electron chi connectivity index (χ0n) is 25.6. The number of guanidine groups is 1. The first-order valence-corrected chi connectivity index (χ1v) is 15.1. The Kier molecular flexibility index (Phi) is 12.2. The number of nitrogens with one attached hydrogen (secondary N) is 1. The highest BCUT2D eigenvalue weighted by Gasteiger charge is 2.16. The molecule has 0 spiro atoms. The second-order valence-corrected chi connectivity index (χ2v) is 11.1. The van der Waals surface area contributed by atoms with E-state index in [1.165, 1.54) is 0 Å². The fourth-order valence-electron chi connectivity index (χ4n) is 4.72. The summed E-state index contributed by atoms with van der Waals surface area (Å²) in [5.74, 6) is 2.12. The van der Waals surface area contributed by atoms with E-state index in [1.54, 1.807) is 4.68 Å². The smallest absolute Gasteiger partial charge is 0.224 e. The maximum atomic E-state index is 12.8. The lowest BCUT2D eigenvalue weighted by Gasteiger charge is -2.18. The van der Waals surface area contributed by atoms with Crippen molar-refractivity contribution in [3.8, 4) is 22.6 Å². The Morgan fingerprint density at radius 2 is 1.57 bits per heavy atom. The molecule has 0 radical (unpaired) electrons. The molecule has 1 amide bonds. The van der Waals surface area contributed by atoms with Crippen LogP contribution in [-0.2, 0) is 24.4 Å². The molecule has 0 bridgehead atoms. The molecule has 4 aromatic rings. The third kappa shape index (κ3) is 10.4. The van der Waals surface area contributed by atoms with Gasteiger partial charge in [0.15, 0.2) is 5.96 Å². The summed E-state index contributed by atoms with van der Waals surface area (Å²) in [5.41, 5.74) is 14.5. The molecule has 1 atom stereocenters. The summed E-state index contributed by atoms with van der Waals surface area (Å²) >= 11 is 0. The van der Waals surface area contributed by atoms with Crippen LogP contribution in [0.1, 0.15) is 44.4 Å². The number of aromatic nitrogens is 3. The van der Waals surface area contributed by atoms with Crippen LogP contribution in [0.15, 0.2) is 90.1 Å². The number of para-hydroxylation sites is 2. The number of ether oxygens (including phenoxy) is 2. The largest absolute Gasteiger partial charge is 0.493 e. The van der Waals surface area contributed by atoms with Gasteiger partial charge < -0.3 is 26.3 Å². The number of hydrogen-bond acceptors (Lipinski definition) is 6. The first-order valence-electron chi connectivity index (χ1n) is 15.1. The number of amides is 1. The fraction of sp³-hybridized carbons (Fsp3) is 0.353. The normalized spacial score (nSPS) is 11.6. The lowest BCUT2D eigenvalue weighted by atomic mass is 10.0. The molecule has 3 aromatic carbocycles. The molecule has 1 heterocycles. The summed E-state index contributed by atoms with van der Waals surface area (Å²) in [6.45, 7) is 6.20. The average molecular weight is 598 g/mol. The van der Waals surface area contributed by atoms with Gasteiger partial charge in [-0.1, -0.05) is 85.8 Å². The molecule has 10 nitrogen and oxygen atoms in total. The van der Waals surface area contributed by atoms with Gasteiger partial charge in [0.05, 0.1) is 25.8 Å². The Hall–Kier alpha value is -4.86. The van der Waals surface area contributed by atoms with Crippen molar-refractivity contribution in [1.29, 1.82) is 0 Å². The first kappa shape index (κ1) is 32.1. The lowest BCUT2D eigenvalue weighted by molar-refractivity contribution is -0.121. The lowest BCUT2D eigenvalue weighted by Crippen LogP contribution is -2.39. The molecular weight excluding hydrogens is 554 g/mol. The van der Waals surface area contributed by atoms with Gasteiger partial charge in [-0.2, -0.15) is 0 Å². The van der Waals surface area contributed by atoms with E-state index >= 15 is 0 Å². The summed E-state index contributed by atoms with van der Waals surface area (Å²) in [5, 5.41) is 11.8. The molecule has 10 heteroatoms. The number of benzene rings is 3. The Morgan fingerprint density at radius 3 is 2.25 bits per heavy atom. The molecule has 5 N–H and O–H groups in total. The number of nitrogens with zero attached hydrogens (tertiary/aromatic N) is 4. The Bertz CT molecular complexity index is 1480. The second-order valence-electron chi connectivity index (χ2n) is 11.1. The molecule has 0 fully saturated rings. The van der Waals surface area contributed by atoms with Gasteiger partial charge >= 0.3 is 0 Å². The summed E-state index contributed by atoms with van der Waals surface area (Å²) in [6, 6.07) is 25.4. The summed E-state index contributed by atoms with van der Waals surface area (Å²) < 4.78 is 14.1. The van der Waals surface area contributed by atoms with Crippen molar-refractivity contribution < 1.29 is 14.3 Å². The fourth-order valence-corrected chi connectivity index (χ4v) is 4.72. The topological polar surface area (TPSA) is 143 Å². The van der Waals surface area contributed by atoms with E-state index in [2.05, 4.69) is 34.5 Å². The monoisotopic (exact) mass is 597 g/mol. The maximum Gasteiger partial charge on any atom is 0.224 e. The standard InChI is InChI=1S/C34H43N7O3/c1-25(2)18-20-43-31-16-8-6-14-29(31)30-15-7-9-17-32(30)44-24-28-23-41(40-39-28)22-27(13-10-19-37-34(35)36)38-33(42)21-26-11-4-3-5-12-26/h3-9,11-12,14-17,23,25,27H,10,13,18-22,24H2,1-2H3,(H,38,42)(H4,35,36,37)/t27-/m1/s1. The minimum Gasteiger partial charge on any atom is -0.493 e. The van der Waals surface area contributed by atoms with Crippen LogP contribution >= 0.6 is 0 Å². The summed E-state index contributed by atoms with van der Waals surface area (Å²) in [7, 11) is 0. The zero-order valence-corrected chi connectivity index (χ0v) is 25.6. The van der Waals surface area contributed by atoms with Gasteiger partial charge in [0.2, 0.25) is 5.91 Å². The van der Waals surface area contributed by atoms with Crippen molar-refractivity contribution in [3.63, 3.8) is 0 Å². The first-order chi connectivity index (χ1) is 21.4. The predicted molar refractivity (Wildman–Crippen MR) is 173 cm³/mol. The summed E-state index contributed by atoms with van der Waals surface area (Å²) in [6.07, 6.45) is 4.51. The van der Waals surface area contributed by atoms with Crippen LogP contribution in [0.25, 0.3) is 11.1 Å². The van der Waals surface area contributed by atoms with Crippen LogP contribution in [0.4, 0.5) is 0 Å². The van der Waals surface area contributed by atoms with Crippen LogP contribution in [-0.4, -0.2) is 46.1 Å². The maximum absolute atomic E-state index is 12.8. The Morgan fingerprint density at radius 1 is 0.909 bits per heavy atom. The van der Waals surface area contributed by atoms with Crippen molar-refractivity contribution in [3.05, 3.63) is 96.3 Å². The molecule has 0 aliphatic carbocycles. The number of rotatable bonds is 17. The van der Waals surface area contributed by atoms with Crippen LogP contribution in [0, 0.1) is 5.92 Å². The van der Waals surface area contributed by atoms with E-state index in [9.17, 15) is 4.79 Å². The molecule has 44 heavy (non-hydrogen) atoms. The van der Waals surface area contributed by atoms with Gasteiger partial charge in [0, 0.05) is 23.7 Å². The van der Waals surface area contributed by atoms with Gasteiger partial charge in [0.25, 0.3) is 0 Å². The van der Waals surface area contributed by atoms with Gasteiger partial charge in [-0.3, -0.25) is 14.5 Å². The molecule has 4 rings (SSSR count). The van der Waals surface area contributed by atoms with Crippen LogP contribution < -0.4 is 26.3 Å². The molecular formula is C34H43N7O3. The van der Waals surface area contributed by atoms with Gasteiger partial charge in [-0.05, 0) is 42.9 Å². The quantitative estimate of drug-likeness (QED) is 0.0907. The molecule has 1 aromatic heterocycles. The van der Waals surface area contributed by atoms with Crippen molar-refractivity contribution in [1.82, 2.24) is 20.3 Å². The predicted octanol–water partition coefficient (Wildman–Crippen LogP) is 4.73. The van der Waals surface area contributed by atoms with Crippen LogP contribution in [0.5, 0.6) is 11.5 Å². The molecule has 0 aliphatic heterocycles. The van der Waals surface area contributed by atoms with E-state index in [0.717, 1.165) is 34.6 Å². The highest BCUT2D eigenvalue weighted by atomic mass is 16.5. The average Bonchev–Trinajstić information content (AvgIpc) is 3.46. The molecule has 232 valence electrons. The van der Waals surface area contributed by atoms with E-state index in [0.29, 0.717) is 50.6 Å². The van der Waals surface area contributed by atoms with E-state index in [-0.39, 0.29) is 24.5 Å². The van der Waals surface area contributed by atoms with Gasteiger partial charge in [0.1, 0.15) is 23.8 Å². The Balaban J connectivity index is 1.40. The third-order valence-corrected chi connectivity index (χ3v) is 6.96. The van der Waals surface area contributed by atoms with E-state index in [1.807, 2.05) is 85.1 Å². The van der Waals surface area contributed by atoms with Crippen LogP contribution in [0.3, 0.4) is 0 Å². The van der Waals surface area contributed by atoms with Crippen molar-refractivity contribution in [2.45, 2.75) is 58.7 Å². The molecule has 0 saturated heterocycles. The van der Waals surface area contributed by atoms with Crippen molar-refractivity contribution >= 4 is 11.9 Å². The number of carbonyl (C=O) groups excluding carboxylic acids is 1. The Labute approximate surface area is 259 Å². The van der Waals surface area contributed by atoms with Gasteiger partial charge in [-0.15, -0.1) is 5.10 Å². The molecule has 0 saturated carbocycles. The van der Waals surface area contributed by atoms with Crippen LogP contribution in [0.2, 0.25) is 0 Å². The number of hydrogen-bond donors (Lipinski definition) is 3. The second kappa shape index (κ2) is 16.7. The van der Waals surface area contributed by atoms with E-state index < -0.39 is 0 Å².